The summed E-state index contributed by atoms with van der Waals surface area (Å²) in [5.74, 6) is -0.990. The number of carboxylic acids is 1. The molecule has 0 aromatic rings. The molecule has 118 valence electrons. The zero-order valence-corrected chi connectivity index (χ0v) is 13.5. The molecule has 0 saturated heterocycles. The normalized spacial score (nSPS) is 12.8. The summed E-state index contributed by atoms with van der Waals surface area (Å²) < 4.78 is 0. The Morgan fingerprint density at radius 3 is 2.15 bits per heavy atom. The number of hydrogen-bond acceptors (Lipinski definition) is 2. The van der Waals surface area contributed by atoms with E-state index in [1.54, 1.807) is 0 Å². The average Bonchev–Trinajstić information content (AvgIpc) is 2.31. The Balaban J connectivity index is 4.73. The number of nitrogens with zero attached hydrogens (tertiary/aromatic N) is 1. The van der Waals surface area contributed by atoms with Crippen LogP contribution in [0.3, 0.4) is 0 Å². The molecule has 0 aliphatic rings. The Morgan fingerprint density at radius 2 is 1.75 bits per heavy atom. The van der Waals surface area contributed by atoms with E-state index in [-0.39, 0.29) is 18.6 Å². The number of rotatable bonds is 8. The molecule has 0 heterocycles. The summed E-state index contributed by atoms with van der Waals surface area (Å²) in [6, 6.07) is -0.152. The van der Waals surface area contributed by atoms with Crippen LogP contribution in [0.25, 0.3) is 0 Å². The first-order chi connectivity index (χ1) is 9.22. The maximum absolute atomic E-state index is 12.3. The summed E-state index contributed by atoms with van der Waals surface area (Å²) in [6.07, 6.45) is 5.04. The molecule has 0 aliphatic heterocycles. The fourth-order valence-electron chi connectivity index (χ4n) is 2.09. The molecule has 2 amide bonds. The molecule has 0 saturated carbocycles. The zero-order chi connectivity index (χ0) is 15.8. The van der Waals surface area contributed by atoms with Crippen LogP contribution < -0.4 is 5.32 Å². The molecule has 0 aromatic heterocycles. The van der Waals surface area contributed by atoms with Crippen LogP contribution in [-0.2, 0) is 4.79 Å². The Kier molecular flexibility index (Phi) is 8.26. The zero-order valence-electron chi connectivity index (χ0n) is 13.5. The maximum Gasteiger partial charge on any atom is 0.323 e. The molecule has 0 aliphatic carbocycles. The van der Waals surface area contributed by atoms with Crippen LogP contribution in [0.1, 0.15) is 66.7 Å². The van der Waals surface area contributed by atoms with Crippen molar-refractivity contribution in [2.24, 2.45) is 0 Å². The lowest BCUT2D eigenvalue weighted by molar-refractivity contribution is -0.138. The van der Waals surface area contributed by atoms with Gasteiger partial charge < -0.3 is 15.3 Å². The van der Waals surface area contributed by atoms with E-state index in [1.807, 2.05) is 20.8 Å². The summed E-state index contributed by atoms with van der Waals surface area (Å²) in [5, 5.41) is 11.9. The highest BCUT2D eigenvalue weighted by Crippen LogP contribution is 2.15. The topological polar surface area (TPSA) is 69.6 Å². The van der Waals surface area contributed by atoms with E-state index >= 15 is 0 Å². The van der Waals surface area contributed by atoms with Gasteiger partial charge in [-0.1, -0.05) is 33.1 Å². The third-order valence-corrected chi connectivity index (χ3v) is 3.22. The standard InChI is InChI=1S/C15H30N2O3/c1-6-8-10-12(9-7-2)16-14(20)17(11-13(18)19)15(3,4)5/h12H,6-11H2,1-5H3,(H,16,20)(H,18,19). The van der Waals surface area contributed by atoms with Gasteiger partial charge in [0.05, 0.1) is 0 Å². The van der Waals surface area contributed by atoms with Crippen LogP contribution in [0, 0.1) is 0 Å². The van der Waals surface area contributed by atoms with E-state index in [9.17, 15) is 9.59 Å². The third-order valence-electron chi connectivity index (χ3n) is 3.22. The first-order valence-electron chi connectivity index (χ1n) is 7.52. The van der Waals surface area contributed by atoms with Crippen molar-refractivity contribution in [1.82, 2.24) is 10.2 Å². The van der Waals surface area contributed by atoms with E-state index in [0.29, 0.717) is 0 Å². The predicted octanol–water partition coefficient (Wildman–Crippen LogP) is 3.24. The van der Waals surface area contributed by atoms with Crippen LogP contribution in [0.4, 0.5) is 4.79 Å². The number of carboxylic acid groups (broad SMARTS) is 1. The highest BCUT2D eigenvalue weighted by Gasteiger charge is 2.29. The van der Waals surface area contributed by atoms with Gasteiger partial charge in [0, 0.05) is 11.6 Å². The number of unbranched alkanes of at least 4 members (excludes halogenated alkanes) is 1. The van der Waals surface area contributed by atoms with Crippen molar-refractivity contribution in [1.29, 1.82) is 0 Å². The quantitative estimate of drug-likeness (QED) is 0.719. The lowest BCUT2D eigenvalue weighted by atomic mass is 10.0. The van der Waals surface area contributed by atoms with Crippen LogP contribution in [0.15, 0.2) is 0 Å². The fourth-order valence-corrected chi connectivity index (χ4v) is 2.09. The first kappa shape index (κ1) is 18.7. The van der Waals surface area contributed by atoms with E-state index in [0.717, 1.165) is 32.1 Å². The second kappa shape index (κ2) is 8.82. The molecule has 0 radical (unpaired) electrons. The van der Waals surface area contributed by atoms with Crippen molar-refractivity contribution in [3.63, 3.8) is 0 Å². The number of hydrogen-bond donors (Lipinski definition) is 2. The van der Waals surface area contributed by atoms with Crippen LogP contribution in [0.2, 0.25) is 0 Å². The van der Waals surface area contributed by atoms with Gasteiger partial charge in [-0.15, -0.1) is 0 Å². The first-order valence-corrected chi connectivity index (χ1v) is 7.52. The van der Waals surface area contributed by atoms with Gasteiger partial charge in [0.25, 0.3) is 0 Å². The maximum atomic E-state index is 12.3. The predicted molar refractivity (Wildman–Crippen MR) is 80.8 cm³/mol. The Morgan fingerprint density at radius 1 is 1.15 bits per heavy atom. The largest absolute Gasteiger partial charge is 0.480 e. The molecule has 5 heteroatoms. The lowest BCUT2D eigenvalue weighted by Crippen LogP contribution is -2.54. The molecule has 0 rings (SSSR count). The summed E-state index contributed by atoms with van der Waals surface area (Å²) in [5.41, 5.74) is -0.510. The summed E-state index contributed by atoms with van der Waals surface area (Å²) in [7, 11) is 0. The third kappa shape index (κ3) is 7.36. The van der Waals surface area contributed by atoms with Gasteiger partial charge in [-0.05, 0) is 33.6 Å². The molecule has 0 fully saturated rings. The van der Waals surface area contributed by atoms with Crippen molar-refractivity contribution in [2.45, 2.75) is 78.3 Å². The molecule has 1 unspecified atom stereocenters. The molecule has 5 nitrogen and oxygen atoms in total. The minimum absolute atomic E-state index is 0.131. The van der Waals surface area contributed by atoms with Crippen LogP contribution in [-0.4, -0.2) is 40.1 Å². The van der Waals surface area contributed by atoms with Gasteiger partial charge in [-0.2, -0.15) is 0 Å². The van der Waals surface area contributed by atoms with Gasteiger partial charge in [-0.3, -0.25) is 4.79 Å². The van der Waals surface area contributed by atoms with Crippen molar-refractivity contribution in [3.8, 4) is 0 Å². The second-order valence-electron chi connectivity index (χ2n) is 6.23. The second-order valence-corrected chi connectivity index (χ2v) is 6.23. The minimum Gasteiger partial charge on any atom is -0.480 e. The van der Waals surface area contributed by atoms with Crippen LogP contribution in [0.5, 0.6) is 0 Å². The Hall–Kier alpha value is -1.26. The Labute approximate surface area is 122 Å². The summed E-state index contributed by atoms with van der Waals surface area (Å²) >= 11 is 0. The fraction of sp³-hybridized carbons (Fsp3) is 0.867. The van der Waals surface area contributed by atoms with Crippen molar-refractivity contribution in [2.75, 3.05) is 6.54 Å². The molecule has 0 spiro atoms. The summed E-state index contributed by atoms with van der Waals surface area (Å²) in [4.78, 5) is 24.6. The number of urea groups is 1. The monoisotopic (exact) mass is 286 g/mol. The average molecular weight is 286 g/mol. The molecule has 1 atom stereocenters. The number of nitrogens with one attached hydrogen (secondary N) is 1. The highest BCUT2D eigenvalue weighted by atomic mass is 16.4. The molecule has 2 N–H and O–H groups in total. The molecular weight excluding hydrogens is 256 g/mol. The van der Waals surface area contributed by atoms with Crippen molar-refractivity contribution < 1.29 is 14.7 Å². The number of aliphatic carboxylic acids is 1. The summed E-state index contributed by atoms with van der Waals surface area (Å²) in [6.45, 7) is 9.46. The van der Waals surface area contributed by atoms with Crippen molar-refractivity contribution >= 4 is 12.0 Å². The van der Waals surface area contributed by atoms with E-state index < -0.39 is 11.5 Å². The van der Waals surface area contributed by atoms with Gasteiger partial charge in [-0.25, -0.2) is 4.79 Å². The van der Waals surface area contributed by atoms with Gasteiger partial charge >= 0.3 is 12.0 Å². The van der Waals surface area contributed by atoms with Gasteiger partial charge in [0.15, 0.2) is 0 Å². The smallest absolute Gasteiger partial charge is 0.323 e. The number of carbonyl (C=O) groups is 2. The number of amides is 2. The highest BCUT2D eigenvalue weighted by molar-refractivity contribution is 5.81. The minimum atomic E-state index is -0.990. The SMILES string of the molecule is CCCCC(CCC)NC(=O)N(CC(=O)O)C(C)(C)C. The lowest BCUT2D eigenvalue weighted by Gasteiger charge is -2.35. The molecule has 0 aromatic carbocycles. The van der Waals surface area contributed by atoms with E-state index in [2.05, 4.69) is 19.2 Å². The Bertz CT molecular complexity index is 311. The van der Waals surface area contributed by atoms with Gasteiger partial charge in [0.2, 0.25) is 0 Å². The van der Waals surface area contributed by atoms with Crippen molar-refractivity contribution in [3.05, 3.63) is 0 Å². The molecule has 20 heavy (non-hydrogen) atoms. The van der Waals surface area contributed by atoms with E-state index in [4.69, 9.17) is 5.11 Å². The van der Waals surface area contributed by atoms with Crippen LogP contribution >= 0.6 is 0 Å². The van der Waals surface area contributed by atoms with E-state index in [1.165, 1.54) is 4.90 Å². The molecule has 0 bridgehead atoms. The van der Waals surface area contributed by atoms with Gasteiger partial charge in [0.1, 0.15) is 6.54 Å². The molecular formula is C15H30N2O3. The number of carbonyl (C=O) groups excluding carboxylic acids is 1.